The lowest BCUT2D eigenvalue weighted by molar-refractivity contribution is 0.102. The van der Waals surface area contributed by atoms with Gasteiger partial charge in [0.05, 0.1) is 25.8 Å². The van der Waals surface area contributed by atoms with E-state index in [2.05, 4.69) is 27.9 Å². The number of amides is 1. The van der Waals surface area contributed by atoms with E-state index in [1.54, 1.807) is 11.4 Å². The molecule has 0 saturated carbocycles. The monoisotopic (exact) mass is 372 g/mol. The average Bonchev–Trinajstić information content (AvgIpc) is 2.78. The molecule has 2 aromatic rings. The highest BCUT2D eigenvalue weighted by molar-refractivity contribution is 14.1. The number of carbonyl (C=O) groups is 1. The van der Waals surface area contributed by atoms with Crippen molar-refractivity contribution >= 4 is 45.5 Å². The first-order valence-electron chi connectivity index (χ1n) is 4.85. The Kier molecular flexibility index (Phi) is 3.93. The molecule has 0 saturated heterocycles. The summed E-state index contributed by atoms with van der Waals surface area (Å²) in [5.74, 6) is -0.981. The van der Waals surface area contributed by atoms with Crippen molar-refractivity contribution in [1.29, 1.82) is 5.26 Å². The van der Waals surface area contributed by atoms with Crippen LogP contribution in [0.15, 0.2) is 29.6 Å². The van der Waals surface area contributed by atoms with Crippen LogP contribution in [0, 0.1) is 20.0 Å². The Hall–Kier alpha value is -1.46. The molecule has 1 aromatic carbocycles. The number of benzene rings is 1. The van der Waals surface area contributed by atoms with Crippen LogP contribution in [0.4, 0.5) is 10.1 Å². The van der Waals surface area contributed by atoms with Crippen molar-refractivity contribution < 1.29 is 9.18 Å². The van der Waals surface area contributed by atoms with Gasteiger partial charge in [0, 0.05) is 5.38 Å². The predicted octanol–water partition coefficient (Wildman–Crippen LogP) is 3.62. The van der Waals surface area contributed by atoms with E-state index >= 15 is 0 Å². The molecule has 0 spiro atoms. The average molecular weight is 372 g/mol. The van der Waals surface area contributed by atoms with Gasteiger partial charge >= 0.3 is 0 Å². The highest BCUT2D eigenvalue weighted by Crippen LogP contribution is 2.20. The zero-order chi connectivity index (χ0) is 13.1. The number of halogens is 2. The Morgan fingerprint density at radius 1 is 1.44 bits per heavy atom. The normalized spacial score (nSPS) is 9.83. The summed E-state index contributed by atoms with van der Waals surface area (Å²) in [7, 11) is 0. The van der Waals surface area contributed by atoms with Gasteiger partial charge in [0.1, 0.15) is 5.82 Å². The van der Waals surface area contributed by atoms with Crippen molar-refractivity contribution in [3.8, 4) is 6.07 Å². The van der Waals surface area contributed by atoms with E-state index in [0.29, 0.717) is 5.56 Å². The van der Waals surface area contributed by atoms with E-state index in [1.807, 2.05) is 6.07 Å². The number of anilines is 1. The molecule has 0 aliphatic heterocycles. The Labute approximate surface area is 120 Å². The van der Waals surface area contributed by atoms with Gasteiger partial charge < -0.3 is 5.32 Å². The van der Waals surface area contributed by atoms with Crippen LogP contribution in [0.2, 0.25) is 0 Å². The summed E-state index contributed by atoms with van der Waals surface area (Å²) in [4.78, 5) is 11.8. The number of rotatable bonds is 2. The van der Waals surface area contributed by atoms with Crippen LogP contribution in [0.3, 0.4) is 0 Å². The molecule has 0 aliphatic rings. The van der Waals surface area contributed by atoms with Crippen LogP contribution in [0.5, 0.6) is 0 Å². The highest BCUT2D eigenvalue weighted by atomic mass is 127. The molecule has 0 unspecified atom stereocenters. The molecule has 2 rings (SSSR count). The zero-order valence-corrected chi connectivity index (χ0v) is 11.9. The Morgan fingerprint density at radius 2 is 2.22 bits per heavy atom. The second-order valence-electron chi connectivity index (χ2n) is 3.40. The summed E-state index contributed by atoms with van der Waals surface area (Å²) in [6.45, 7) is 0. The lowest BCUT2D eigenvalue weighted by Gasteiger charge is -2.05. The third kappa shape index (κ3) is 2.86. The SMILES string of the molecule is N#Cc1ccc(NC(=O)c2csc(I)c2)c(F)c1. The highest BCUT2D eigenvalue weighted by Gasteiger charge is 2.11. The second kappa shape index (κ2) is 5.46. The van der Waals surface area contributed by atoms with E-state index in [1.165, 1.54) is 23.5 Å². The first-order chi connectivity index (χ1) is 8.60. The van der Waals surface area contributed by atoms with Crippen molar-refractivity contribution in [2.24, 2.45) is 0 Å². The molecule has 0 aliphatic carbocycles. The van der Waals surface area contributed by atoms with Crippen molar-refractivity contribution in [2.75, 3.05) is 5.32 Å². The topological polar surface area (TPSA) is 52.9 Å². The minimum absolute atomic E-state index is 0.0696. The molecule has 18 heavy (non-hydrogen) atoms. The number of hydrogen-bond donors (Lipinski definition) is 1. The van der Waals surface area contributed by atoms with Gasteiger partial charge in [-0.2, -0.15) is 5.26 Å². The van der Waals surface area contributed by atoms with E-state index in [-0.39, 0.29) is 17.2 Å². The fourth-order valence-electron chi connectivity index (χ4n) is 1.31. The van der Waals surface area contributed by atoms with Gasteiger partial charge in [-0.15, -0.1) is 11.3 Å². The van der Waals surface area contributed by atoms with Crippen molar-refractivity contribution in [2.45, 2.75) is 0 Å². The predicted molar refractivity (Wildman–Crippen MR) is 76.1 cm³/mol. The Balaban J connectivity index is 2.20. The maximum Gasteiger partial charge on any atom is 0.256 e. The first-order valence-corrected chi connectivity index (χ1v) is 6.81. The molecule has 0 radical (unpaired) electrons. The summed E-state index contributed by atoms with van der Waals surface area (Å²) in [5.41, 5.74) is 0.781. The number of carbonyl (C=O) groups excluding carboxylic acids is 1. The zero-order valence-electron chi connectivity index (χ0n) is 8.91. The molecular formula is C12H6FIN2OS. The largest absolute Gasteiger partial charge is 0.319 e. The fourth-order valence-corrected chi connectivity index (χ4v) is 2.64. The van der Waals surface area contributed by atoms with Crippen LogP contribution in [-0.2, 0) is 0 Å². The van der Waals surface area contributed by atoms with Gasteiger partial charge in [0.2, 0.25) is 0 Å². The Bertz CT molecular complexity index is 648. The van der Waals surface area contributed by atoms with E-state index in [0.717, 1.165) is 8.95 Å². The maximum absolute atomic E-state index is 13.6. The number of hydrogen-bond acceptors (Lipinski definition) is 3. The van der Waals surface area contributed by atoms with Gasteiger partial charge in [-0.1, -0.05) is 0 Å². The summed E-state index contributed by atoms with van der Waals surface area (Å²) >= 11 is 3.55. The molecule has 1 N–H and O–H groups in total. The lowest BCUT2D eigenvalue weighted by Crippen LogP contribution is -2.12. The summed E-state index contributed by atoms with van der Waals surface area (Å²) in [6.07, 6.45) is 0. The standard InChI is InChI=1S/C12H6FIN2OS/c13-9-3-7(5-15)1-2-10(9)16-12(17)8-4-11(14)18-6-8/h1-4,6H,(H,16,17). The first kappa shape index (κ1) is 13.0. The molecule has 0 bridgehead atoms. The molecular weight excluding hydrogens is 366 g/mol. The van der Waals surface area contributed by atoms with E-state index < -0.39 is 5.82 Å². The fraction of sp³-hybridized carbons (Fsp3) is 0. The molecule has 1 heterocycles. The molecule has 1 aromatic heterocycles. The second-order valence-corrected chi connectivity index (χ2v) is 6.21. The smallest absolute Gasteiger partial charge is 0.256 e. The number of nitrogens with zero attached hydrogens (tertiary/aromatic N) is 1. The van der Waals surface area contributed by atoms with Crippen LogP contribution < -0.4 is 5.32 Å². The van der Waals surface area contributed by atoms with Crippen molar-refractivity contribution in [1.82, 2.24) is 0 Å². The quantitative estimate of drug-likeness (QED) is 0.819. The molecule has 0 fully saturated rings. The number of thiophene rings is 1. The minimum atomic E-state index is -0.618. The van der Waals surface area contributed by atoms with E-state index in [4.69, 9.17) is 5.26 Å². The maximum atomic E-state index is 13.6. The van der Waals surface area contributed by atoms with E-state index in [9.17, 15) is 9.18 Å². The summed E-state index contributed by atoms with van der Waals surface area (Å²) in [6, 6.07) is 7.48. The molecule has 6 heteroatoms. The molecule has 3 nitrogen and oxygen atoms in total. The molecule has 1 amide bonds. The number of nitriles is 1. The van der Waals surface area contributed by atoms with Gasteiger partial charge in [0.15, 0.2) is 0 Å². The van der Waals surface area contributed by atoms with Gasteiger partial charge in [0.25, 0.3) is 5.91 Å². The Morgan fingerprint density at radius 3 is 2.78 bits per heavy atom. The van der Waals surface area contributed by atoms with Crippen molar-refractivity contribution in [3.05, 3.63) is 49.5 Å². The van der Waals surface area contributed by atoms with Crippen molar-refractivity contribution in [3.63, 3.8) is 0 Å². The third-order valence-corrected chi connectivity index (χ3v) is 3.97. The third-order valence-electron chi connectivity index (χ3n) is 2.18. The molecule has 0 atom stereocenters. The summed E-state index contributed by atoms with van der Waals surface area (Å²) in [5, 5.41) is 12.8. The van der Waals surface area contributed by atoms with Crippen LogP contribution in [-0.4, -0.2) is 5.91 Å². The van der Waals surface area contributed by atoms with Gasteiger partial charge in [-0.25, -0.2) is 4.39 Å². The van der Waals surface area contributed by atoms with Gasteiger partial charge in [-0.05, 0) is 46.9 Å². The number of nitrogens with one attached hydrogen (secondary N) is 1. The minimum Gasteiger partial charge on any atom is -0.319 e. The van der Waals surface area contributed by atoms with Gasteiger partial charge in [-0.3, -0.25) is 4.79 Å². The van der Waals surface area contributed by atoms with Crippen LogP contribution in [0.25, 0.3) is 0 Å². The summed E-state index contributed by atoms with van der Waals surface area (Å²) < 4.78 is 14.5. The van der Waals surface area contributed by atoms with Crippen LogP contribution >= 0.6 is 33.9 Å². The molecule has 90 valence electrons. The lowest BCUT2D eigenvalue weighted by atomic mass is 10.2. The van der Waals surface area contributed by atoms with Crippen LogP contribution in [0.1, 0.15) is 15.9 Å².